The summed E-state index contributed by atoms with van der Waals surface area (Å²) in [5.41, 5.74) is 0.995. The Morgan fingerprint density at radius 1 is 1.07 bits per heavy atom. The third kappa shape index (κ3) is 5.96. The van der Waals surface area contributed by atoms with Gasteiger partial charge in [0.05, 0.1) is 6.61 Å². The molecule has 0 aromatic heterocycles. The molecule has 1 saturated heterocycles. The number of β-amino-alcohol motifs (C(OH)–C–C–N with tert-alkyl or cyclic N) is 1. The van der Waals surface area contributed by atoms with E-state index in [0.717, 1.165) is 25.9 Å². The van der Waals surface area contributed by atoms with E-state index in [1.165, 1.54) is 36.4 Å². The molecule has 1 aliphatic rings. The number of piperidine rings is 1. The van der Waals surface area contributed by atoms with Crippen molar-refractivity contribution in [1.29, 1.82) is 0 Å². The van der Waals surface area contributed by atoms with Gasteiger partial charge in [-0.2, -0.15) is 0 Å². The van der Waals surface area contributed by atoms with E-state index in [9.17, 15) is 24.1 Å². The molecule has 0 spiro atoms. The number of benzene rings is 2. The van der Waals surface area contributed by atoms with Crippen LogP contribution in [0.5, 0.6) is 5.75 Å². The van der Waals surface area contributed by atoms with Crippen molar-refractivity contribution in [2.45, 2.75) is 25.6 Å². The Hall–Kier alpha value is -2.06. The van der Waals surface area contributed by atoms with Crippen molar-refractivity contribution < 1.29 is 28.8 Å². The summed E-state index contributed by atoms with van der Waals surface area (Å²) in [6.07, 6.45) is 1.05. The fraction of sp³-hybridized carbons (Fsp3) is 0.455. The molecule has 5 nitrogen and oxygen atoms in total. The number of ether oxygens (including phenoxy) is 1. The van der Waals surface area contributed by atoms with Crippen molar-refractivity contribution >= 4 is 0 Å². The third-order valence-electron chi connectivity index (χ3n) is 5.27. The highest BCUT2D eigenvalue weighted by Gasteiger charge is 2.20. The zero-order valence-electron chi connectivity index (χ0n) is 16.2. The molecule has 1 unspecified atom stereocenters. The lowest BCUT2D eigenvalue weighted by Gasteiger charge is -2.32. The third-order valence-corrected chi connectivity index (χ3v) is 5.27. The topological polar surface area (TPSA) is 73.2 Å². The Morgan fingerprint density at radius 3 is 2.52 bits per heavy atom. The predicted octanol–water partition coefficient (Wildman–Crippen LogP) is 2.57. The smallest absolute Gasteiger partial charge is 0.131 e. The Morgan fingerprint density at radius 2 is 1.83 bits per heavy atom. The molecule has 0 aliphatic carbocycles. The van der Waals surface area contributed by atoms with E-state index in [1.807, 2.05) is 0 Å². The molecule has 0 bridgehead atoms. The van der Waals surface area contributed by atoms with E-state index < -0.39 is 17.7 Å². The maximum atomic E-state index is 14.2. The summed E-state index contributed by atoms with van der Waals surface area (Å²) in [5, 5.41) is 28.7. The van der Waals surface area contributed by atoms with E-state index in [1.54, 1.807) is 0 Å². The van der Waals surface area contributed by atoms with Gasteiger partial charge in [-0.3, -0.25) is 0 Å². The molecule has 3 N–H and O–H groups in total. The molecule has 1 fully saturated rings. The summed E-state index contributed by atoms with van der Waals surface area (Å²) in [5.74, 6) is -0.570. The molecule has 1 heterocycles. The van der Waals surface area contributed by atoms with E-state index >= 15 is 0 Å². The summed E-state index contributed by atoms with van der Waals surface area (Å²) in [6, 6.07) is 8.08. The molecule has 7 heteroatoms. The molecule has 2 aromatic carbocycles. The summed E-state index contributed by atoms with van der Waals surface area (Å²) >= 11 is 0. The van der Waals surface area contributed by atoms with E-state index in [-0.39, 0.29) is 31.1 Å². The maximum absolute atomic E-state index is 14.2. The van der Waals surface area contributed by atoms with Gasteiger partial charge < -0.3 is 25.0 Å². The predicted molar refractivity (Wildman–Crippen MR) is 105 cm³/mol. The fourth-order valence-electron chi connectivity index (χ4n) is 3.59. The fourth-order valence-corrected chi connectivity index (χ4v) is 3.59. The second-order valence-electron chi connectivity index (χ2n) is 7.54. The lowest BCUT2D eigenvalue weighted by molar-refractivity contribution is 0.0488. The number of aliphatic hydroxyl groups excluding tert-OH is 3. The molecular formula is C22H27F2NO4. The van der Waals surface area contributed by atoms with Crippen LogP contribution >= 0.6 is 0 Å². The van der Waals surface area contributed by atoms with Crippen LogP contribution in [-0.2, 0) is 6.61 Å². The number of nitrogens with zero attached hydrogens (tertiary/aromatic N) is 1. The van der Waals surface area contributed by atoms with Crippen LogP contribution in [-0.4, -0.2) is 59.2 Å². The minimum absolute atomic E-state index is 0.0119. The minimum atomic E-state index is -0.748. The first-order valence-electron chi connectivity index (χ1n) is 9.82. The van der Waals surface area contributed by atoms with Crippen LogP contribution in [0.2, 0.25) is 0 Å². The lowest BCUT2D eigenvalue weighted by atomic mass is 9.98. The molecule has 0 radical (unpaired) electrons. The molecule has 3 rings (SSSR count). The summed E-state index contributed by atoms with van der Waals surface area (Å²) in [7, 11) is 0. The van der Waals surface area contributed by atoms with E-state index in [2.05, 4.69) is 4.90 Å². The molecule has 2 aromatic rings. The highest BCUT2D eigenvalue weighted by Crippen LogP contribution is 2.29. The van der Waals surface area contributed by atoms with E-state index in [4.69, 9.17) is 4.74 Å². The highest BCUT2D eigenvalue weighted by atomic mass is 19.1. The van der Waals surface area contributed by atoms with Crippen molar-refractivity contribution in [1.82, 2.24) is 4.90 Å². The van der Waals surface area contributed by atoms with Crippen LogP contribution in [0.3, 0.4) is 0 Å². The lowest BCUT2D eigenvalue weighted by Crippen LogP contribution is -2.41. The molecule has 0 amide bonds. The molecule has 1 atom stereocenters. The van der Waals surface area contributed by atoms with E-state index in [0.29, 0.717) is 23.6 Å². The van der Waals surface area contributed by atoms with Gasteiger partial charge in [0, 0.05) is 24.8 Å². The number of aliphatic hydroxyl groups is 3. The van der Waals surface area contributed by atoms with Gasteiger partial charge in [-0.1, -0.05) is 6.07 Å². The van der Waals surface area contributed by atoms with Gasteiger partial charge in [0.1, 0.15) is 30.1 Å². The van der Waals surface area contributed by atoms with Crippen LogP contribution < -0.4 is 4.74 Å². The van der Waals surface area contributed by atoms with Gasteiger partial charge in [-0.05, 0) is 67.2 Å². The number of likely N-dealkylation sites (tertiary alicyclic amines) is 1. The second kappa shape index (κ2) is 10.1. The van der Waals surface area contributed by atoms with Crippen LogP contribution in [0.25, 0.3) is 11.1 Å². The summed E-state index contributed by atoms with van der Waals surface area (Å²) < 4.78 is 33.8. The number of hydrogen-bond acceptors (Lipinski definition) is 5. The number of halogens is 2. The normalized spacial score (nSPS) is 16.7. The minimum Gasteiger partial charge on any atom is -0.491 e. The number of hydrogen-bond donors (Lipinski definition) is 3. The van der Waals surface area contributed by atoms with Crippen LogP contribution in [0.1, 0.15) is 18.4 Å². The highest BCUT2D eigenvalue weighted by molar-refractivity contribution is 5.66. The van der Waals surface area contributed by atoms with Gasteiger partial charge in [0.2, 0.25) is 0 Å². The average Bonchev–Trinajstić information content (AvgIpc) is 2.73. The van der Waals surface area contributed by atoms with Crippen LogP contribution in [0.4, 0.5) is 8.78 Å². The Bertz CT molecular complexity index is 809. The molecule has 158 valence electrons. The van der Waals surface area contributed by atoms with Gasteiger partial charge in [0.15, 0.2) is 0 Å². The van der Waals surface area contributed by atoms with Crippen molar-refractivity contribution in [2.24, 2.45) is 5.92 Å². The van der Waals surface area contributed by atoms with Gasteiger partial charge in [0.25, 0.3) is 0 Å². The number of rotatable bonds is 8. The summed E-state index contributed by atoms with van der Waals surface area (Å²) in [4.78, 5) is 2.12. The first kappa shape index (κ1) is 21.6. The zero-order valence-corrected chi connectivity index (χ0v) is 16.2. The van der Waals surface area contributed by atoms with Crippen molar-refractivity contribution in [3.63, 3.8) is 0 Å². The van der Waals surface area contributed by atoms with Crippen LogP contribution in [0.15, 0.2) is 36.4 Å². The Labute approximate surface area is 169 Å². The van der Waals surface area contributed by atoms with Gasteiger partial charge in [-0.15, -0.1) is 0 Å². The largest absolute Gasteiger partial charge is 0.491 e. The Kier molecular flexibility index (Phi) is 7.55. The molecule has 29 heavy (non-hydrogen) atoms. The summed E-state index contributed by atoms with van der Waals surface area (Å²) in [6.45, 7) is 2.01. The first-order valence-corrected chi connectivity index (χ1v) is 9.82. The van der Waals surface area contributed by atoms with Gasteiger partial charge in [-0.25, -0.2) is 8.78 Å². The SMILES string of the molecule is OCc1ccc(F)c(-c2cc(F)cc(OCC(O)CN3CCC(CO)CC3)c2)c1. The Balaban J connectivity index is 1.62. The quantitative estimate of drug-likeness (QED) is 0.627. The monoisotopic (exact) mass is 407 g/mol. The molecular weight excluding hydrogens is 380 g/mol. The van der Waals surface area contributed by atoms with Crippen molar-refractivity contribution in [2.75, 3.05) is 32.8 Å². The van der Waals surface area contributed by atoms with Crippen molar-refractivity contribution in [3.8, 4) is 16.9 Å². The van der Waals surface area contributed by atoms with Crippen LogP contribution in [0, 0.1) is 17.6 Å². The zero-order chi connectivity index (χ0) is 20.8. The standard InChI is InChI=1S/C22H27F2NO4/c23-18-8-17(21-7-16(13-27)1-2-22(21)24)9-20(10-18)29-14-19(28)11-25-5-3-15(12-26)4-6-25/h1-2,7-10,15,19,26-28H,3-6,11-14H2. The second-order valence-corrected chi connectivity index (χ2v) is 7.54. The average molecular weight is 407 g/mol. The van der Waals surface area contributed by atoms with Gasteiger partial charge >= 0.3 is 0 Å². The maximum Gasteiger partial charge on any atom is 0.131 e. The first-order chi connectivity index (χ1) is 14.0. The molecule has 0 saturated carbocycles. The molecule has 1 aliphatic heterocycles. The van der Waals surface area contributed by atoms with Crippen molar-refractivity contribution in [3.05, 3.63) is 53.6 Å².